The van der Waals surface area contributed by atoms with Gasteiger partial charge in [-0.05, 0) is 43.6 Å². The molecule has 0 saturated carbocycles. The average molecular weight is 296 g/mol. The Morgan fingerprint density at radius 3 is 2.41 bits per heavy atom. The molecule has 1 N–H and O–H groups in total. The van der Waals surface area contributed by atoms with Crippen LogP contribution in [0.5, 0.6) is 0 Å². The Balaban J connectivity index is 1.95. The molecule has 2 heterocycles. The normalized spacial score (nSPS) is 19.7. The second kappa shape index (κ2) is 6.59. The standard InChI is InChI=1S/C19H24N2O/c1-16(15-21-13-7-8-14-21)19(22,17-9-3-2-4-10-17)18-11-5-6-12-20-18/h2-6,9-12,16,22H,7-8,13-15H2,1H3/t16-,19+/m0/s1. The van der Waals surface area contributed by atoms with Crippen LogP contribution >= 0.6 is 0 Å². The smallest absolute Gasteiger partial charge is 0.135 e. The van der Waals surface area contributed by atoms with E-state index in [2.05, 4.69) is 16.8 Å². The zero-order chi connectivity index (χ0) is 15.4. The molecule has 0 unspecified atom stereocenters. The number of pyridine rings is 1. The molecule has 0 spiro atoms. The Morgan fingerprint density at radius 1 is 1.09 bits per heavy atom. The highest BCUT2D eigenvalue weighted by Crippen LogP contribution is 2.36. The highest BCUT2D eigenvalue weighted by molar-refractivity contribution is 5.33. The van der Waals surface area contributed by atoms with Gasteiger partial charge in [0.05, 0.1) is 5.69 Å². The van der Waals surface area contributed by atoms with Gasteiger partial charge in [0.1, 0.15) is 5.60 Å². The number of rotatable bonds is 5. The molecule has 2 aromatic rings. The first-order valence-electron chi connectivity index (χ1n) is 8.13. The summed E-state index contributed by atoms with van der Waals surface area (Å²) in [7, 11) is 0. The van der Waals surface area contributed by atoms with Crippen LogP contribution in [0, 0.1) is 5.92 Å². The van der Waals surface area contributed by atoms with E-state index in [1.807, 2.05) is 48.5 Å². The van der Waals surface area contributed by atoms with E-state index in [1.165, 1.54) is 12.8 Å². The van der Waals surface area contributed by atoms with Crippen LogP contribution in [0.2, 0.25) is 0 Å². The van der Waals surface area contributed by atoms with Crippen LogP contribution in [0.15, 0.2) is 54.7 Å². The summed E-state index contributed by atoms with van der Waals surface area (Å²) in [6.07, 6.45) is 4.28. The fraction of sp³-hybridized carbons (Fsp3) is 0.421. The van der Waals surface area contributed by atoms with Gasteiger partial charge in [0.2, 0.25) is 0 Å². The summed E-state index contributed by atoms with van der Waals surface area (Å²) < 4.78 is 0. The summed E-state index contributed by atoms with van der Waals surface area (Å²) in [4.78, 5) is 6.90. The largest absolute Gasteiger partial charge is 0.378 e. The van der Waals surface area contributed by atoms with E-state index in [9.17, 15) is 5.11 Å². The molecule has 116 valence electrons. The van der Waals surface area contributed by atoms with Gasteiger partial charge in [0.25, 0.3) is 0 Å². The van der Waals surface area contributed by atoms with E-state index >= 15 is 0 Å². The molecule has 1 aromatic heterocycles. The van der Waals surface area contributed by atoms with Crippen molar-refractivity contribution in [3.8, 4) is 0 Å². The third kappa shape index (κ3) is 2.92. The predicted octanol–water partition coefficient (Wildman–Crippen LogP) is 3.05. The number of benzene rings is 1. The van der Waals surface area contributed by atoms with Crippen LogP contribution < -0.4 is 0 Å². The van der Waals surface area contributed by atoms with Crippen LogP contribution in [0.1, 0.15) is 31.0 Å². The van der Waals surface area contributed by atoms with Crippen molar-refractivity contribution in [2.45, 2.75) is 25.4 Å². The maximum Gasteiger partial charge on any atom is 0.135 e. The Bertz CT molecular complexity index is 539. The van der Waals surface area contributed by atoms with Crippen molar-refractivity contribution in [1.82, 2.24) is 9.88 Å². The number of aromatic nitrogens is 1. The molecule has 3 nitrogen and oxygen atoms in total. The Kier molecular flexibility index (Phi) is 4.55. The molecular weight excluding hydrogens is 272 g/mol. The van der Waals surface area contributed by atoms with Gasteiger partial charge in [0, 0.05) is 18.7 Å². The lowest BCUT2D eigenvalue weighted by molar-refractivity contribution is 0.00663. The number of nitrogens with zero attached hydrogens (tertiary/aromatic N) is 2. The average Bonchev–Trinajstić information content (AvgIpc) is 3.08. The third-order valence-corrected chi connectivity index (χ3v) is 4.71. The van der Waals surface area contributed by atoms with E-state index in [0.717, 1.165) is 30.9 Å². The molecule has 0 aliphatic carbocycles. The van der Waals surface area contributed by atoms with Crippen LogP contribution in [0.25, 0.3) is 0 Å². The van der Waals surface area contributed by atoms with Crippen molar-refractivity contribution in [3.05, 3.63) is 66.0 Å². The number of hydrogen-bond donors (Lipinski definition) is 1. The molecule has 1 saturated heterocycles. The van der Waals surface area contributed by atoms with E-state index in [0.29, 0.717) is 0 Å². The SMILES string of the molecule is C[C@@H](CN1CCCC1)[C@@](O)(c1ccccc1)c1ccccn1. The zero-order valence-corrected chi connectivity index (χ0v) is 13.2. The highest BCUT2D eigenvalue weighted by atomic mass is 16.3. The number of likely N-dealkylation sites (tertiary alicyclic amines) is 1. The molecule has 3 rings (SSSR count). The first-order chi connectivity index (χ1) is 10.7. The van der Waals surface area contributed by atoms with Crippen LogP contribution in [-0.4, -0.2) is 34.6 Å². The lowest BCUT2D eigenvalue weighted by atomic mass is 9.79. The fourth-order valence-electron chi connectivity index (χ4n) is 3.45. The maximum atomic E-state index is 11.6. The van der Waals surface area contributed by atoms with Crippen molar-refractivity contribution in [3.63, 3.8) is 0 Å². The second-order valence-electron chi connectivity index (χ2n) is 6.26. The van der Waals surface area contributed by atoms with Gasteiger partial charge in [-0.2, -0.15) is 0 Å². The molecule has 0 radical (unpaired) electrons. The quantitative estimate of drug-likeness (QED) is 0.921. The van der Waals surface area contributed by atoms with Gasteiger partial charge < -0.3 is 10.0 Å². The first-order valence-corrected chi connectivity index (χ1v) is 8.13. The van der Waals surface area contributed by atoms with Gasteiger partial charge in [-0.1, -0.05) is 43.3 Å². The van der Waals surface area contributed by atoms with Gasteiger partial charge in [-0.3, -0.25) is 4.98 Å². The maximum absolute atomic E-state index is 11.6. The van der Waals surface area contributed by atoms with Crippen molar-refractivity contribution in [2.75, 3.05) is 19.6 Å². The summed E-state index contributed by atoms with van der Waals surface area (Å²) in [6.45, 7) is 5.29. The minimum absolute atomic E-state index is 0.0721. The van der Waals surface area contributed by atoms with Gasteiger partial charge >= 0.3 is 0 Å². The monoisotopic (exact) mass is 296 g/mol. The minimum atomic E-state index is -1.05. The summed E-state index contributed by atoms with van der Waals surface area (Å²) >= 11 is 0. The molecule has 1 aliphatic rings. The lowest BCUT2D eigenvalue weighted by Gasteiger charge is -2.36. The highest BCUT2D eigenvalue weighted by Gasteiger charge is 2.39. The topological polar surface area (TPSA) is 36.4 Å². The van der Waals surface area contributed by atoms with Crippen LogP contribution in [0.4, 0.5) is 0 Å². The Labute approximate surface area is 132 Å². The van der Waals surface area contributed by atoms with Gasteiger partial charge in [-0.25, -0.2) is 0 Å². The molecular formula is C19H24N2O. The second-order valence-corrected chi connectivity index (χ2v) is 6.26. The fourth-order valence-corrected chi connectivity index (χ4v) is 3.45. The van der Waals surface area contributed by atoms with E-state index < -0.39 is 5.60 Å². The third-order valence-electron chi connectivity index (χ3n) is 4.71. The molecule has 2 atom stereocenters. The molecule has 0 bridgehead atoms. The lowest BCUT2D eigenvalue weighted by Crippen LogP contribution is -2.41. The number of aliphatic hydroxyl groups is 1. The van der Waals surface area contributed by atoms with Crippen molar-refractivity contribution in [1.29, 1.82) is 0 Å². The molecule has 22 heavy (non-hydrogen) atoms. The molecule has 1 aliphatic heterocycles. The zero-order valence-electron chi connectivity index (χ0n) is 13.2. The Morgan fingerprint density at radius 2 is 1.77 bits per heavy atom. The molecule has 0 amide bonds. The summed E-state index contributed by atoms with van der Waals surface area (Å²) in [6, 6.07) is 15.7. The van der Waals surface area contributed by atoms with Gasteiger partial charge in [-0.15, -0.1) is 0 Å². The minimum Gasteiger partial charge on any atom is -0.378 e. The predicted molar refractivity (Wildman–Crippen MR) is 88.5 cm³/mol. The van der Waals surface area contributed by atoms with Crippen LogP contribution in [0.3, 0.4) is 0 Å². The van der Waals surface area contributed by atoms with Crippen LogP contribution in [-0.2, 0) is 5.60 Å². The van der Waals surface area contributed by atoms with Crippen molar-refractivity contribution in [2.24, 2.45) is 5.92 Å². The number of hydrogen-bond acceptors (Lipinski definition) is 3. The molecule has 3 heteroatoms. The Hall–Kier alpha value is -1.71. The molecule has 1 fully saturated rings. The van der Waals surface area contributed by atoms with Gasteiger partial charge in [0.15, 0.2) is 0 Å². The van der Waals surface area contributed by atoms with E-state index in [1.54, 1.807) is 6.20 Å². The summed E-state index contributed by atoms with van der Waals surface area (Å²) in [5, 5.41) is 11.6. The summed E-state index contributed by atoms with van der Waals surface area (Å²) in [5.41, 5.74) is 0.596. The van der Waals surface area contributed by atoms with Crippen molar-refractivity contribution >= 4 is 0 Å². The van der Waals surface area contributed by atoms with E-state index in [4.69, 9.17) is 0 Å². The molecule has 1 aromatic carbocycles. The first kappa shape index (κ1) is 15.2. The summed E-state index contributed by atoms with van der Waals surface area (Å²) in [5.74, 6) is 0.0721. The van der Waals surface area contributed by atoms with E-state index in [-0.39, 0.29) is 5.92 Å². The van der Waals surface area contributed by atoms with Crippen molar-refractivity contribution < 1.29 is 5.11 Å².